The van der Waals surface area contributed by atoms with E-state index in [0.29, 0.717) is 18.3 Å². The zero-order valence-corrected chi connectivity index (χ0v) is 13.2. The Labute approximate surface area is 130 Å². The van der Waals surface area contributed by atoms with Crippen LogP contribution in [0.5, 0.6) is 0 Å². The molecule has 2 aromatic heterocycles. The molecule has 0 aliphatic heterocycles. The molecule has 22 heavy (non-hydrogen) atoms. The van der Waals surface area contributed by atoms with Crippen molar-refractivity contribution in [2.45, 2.75) is 32.9 Å². The zero-order valence-electron chi connectivity index (χ0n) is 13.2. The van der Waals surface area contributed by atoms with E-state index in [4.69, 9.17) is 4.42 Å². The summed E-state index contributed by atoms with van der Waals surface area (Å²) < 4.78 is 5.65. The van der Waals surface area contributed by atoms with Crippen molar-refractivity contribution in [1.82, 2.24) is 20.1 Å². The Hall–Kier alpha value is -2.27. The fraction of sp³-hybridized carbons (Fsp3) is 0.353. The Kier molecular flexibility index (Phi) is 4.15. The van der Waals surface area contributed by atoms with Crippen molar-refractivity contribution in [3.05, 3.63) is 53.9 Å². The Morgan fingerprint density at radius 3 is 2.77 bits per heavy atom. The van der Waals surface area contributed by atoms with E-state index in [1.807, 2.05) is 33.2 Å². The zero-order chi connectivity index (χ0) is 15.5. The maximum absolute atomic E-state index is 5.65. The SMILES string of the molecule is CC(C)c1nnc(CN(C)Cc2ccc3ncccc3c2)o1. The molecule has 1 aromatic carbocycles. The highest BCUT2D eigenvalue weighted by Gasteiger charge is 2.11. The maximum atomic E-state index is 5.65. The van der Waals surface area contributed by atoms with Crippen LogP contribution in [0.4, 0.5) is 0 Å². The lowest BCUT2D eigenvalue weighted by Crippen LogP contribution is -2.17. The number of hydrogen-bond donors (Lipinski definition) is 0. The van der Waals surface area contributed by atoms with Gasteiger partial charge in [0.25, 0.3) is 0 Å². The topological polar surface area (TPSA) is 55.1 Å². The second-order valence-corrected chi connectivity index (χ2v) is 5.89. The van der Waals surface area contributed by atoms with Gasteiger partial charge in [-0.25, -0.2) is 0 Å². The van der Waals surface area contributed by atoms with Gasteiger partial charge in [0.2, 0.25) is 11.8 Å². The molecular formula is C17H20N4O. The molecule has 5 nitrogen and oxygen atoms in total. The number of hydrogen-bond acceptors (Lipinski definition) is 5. The van der Waals surface area contributed by atoms with Crippen LogP contribution >= 0.6 is 0 Å². The fourth-order valence-electron chi connectivity index (χ4n) is 2.39. The predicted octanol–water partition coefficient (Wildman–Crippen LogP) is 3.37. The predicted molar refractivity (Wildman–Crippen MR) is 85.3 cm³/mol. The number of nitrogens with zero attached hydrogens (tertiary/aromatic N) is 4. The molecule has 5 heteroatoms. The summed E-state index contributed by atoms with van der Waals surface area (Å²) in [6.45, 7) is 5.56. The highest BCUT2D eigenvalue weighted by Crippen LogP contribution is 2.16. The number of benzene rings is 1. The maximum Gasteiger partial charge on any atom is 0.230 e. The molecule has 0 saturated carbocycles. The largest absolute Gasteiger partial charge is 0.424 e. The molecule has 0 N–H and O–H groups in total. The van der Waals surface area contributed by atoms with Gasteiger partial charge in [-0.15, -0.1) is 10.2 Å². The van der Waals surface area contributed by atoms with Crippen molar-refractivity contribution in [1.29, 1.82) is 0 Å². The van der Waals surface area contributed by atoms with E-state index in [9.17, 15) is 0 Å². The molecule has 0 saturated heterocycles. The van der Waals surface area contributed by atoms with Gasteiger partial charge in [0.15, 0.2) is 0 Å². The van der Waals surface area contributed by atoms with Gasteiger partial charge in [-0.05, 0) is 30.8 Å². The lowest BCUT2D eigenvalue weighted by molar-refractivity contribution is 0.275. The van der Waals surface area contributed by atoms with E-state index in [-0.39, 0.29) is 5.92 Å². The summed E-state index contributed by atoms with van der Waals surface area (Å²) in [7, 11) is 2.05. The lowest BCUT2D eigenvalue weighted by atomic mass is 10.1. The van der Waals surface area contributed by atoms with Crippen LogP contribution in [0, 0.1) is 0 Å². The van der Waals surface area contributed by atoms with E-state index >= 15 is 0 Å². The van der Waals surface area contributed by atoms with Gasteiger partial charge in [-0.1, -0.05) is 26.0 Å². The molecule has 0 radical (unpaired) electrons. The number of pyridine rings is 1. The third-order valence-electron chi connectivity index (χ3n) is 3.50. The molecule has 2 heterocycles. The molecule has 0 aliphatic rings. The van der Waals surface area contributed by atoms with Gasteiger partial charge in [0.1, 0.15) is 0 Å². The van der Waals surface area contributed by atoms with Crippen molar-refractivity contribution < 1.29 is 4.42 Å². The Morgan fingerprint density at radius 2 is 2.00 bits per heavy atom. The lowest BCUT2D eigenvalue weighted by Gasteiger charge is -2.14. The monoisotopic (exact) mass is 296 g/mol. The van der Waals surface area contributed by atoms with Gasteiger partial charge in [-0.3, -0.25) is 9.88 Å². The Bertz CT molecular complexity index is 766. The third kappa shape index (κ3) is 3.31. The molecule has 114 valence electrons. The minimum absolute atomic E-state index is 0.263. The van der Waals surface area contributed by atoms with E-state index in [1.54, 1.807) is 0 Å². The second kappa shape index (κ2) is 6.23. The molecule has 0 fully saturated rings. The first-order chi connectivity index (χ1) is 10.6. The van der Waals surface area contributed by atoms with Crippen molar-refractivity contribution >= 4 is 10.9 Å². The fourth-order valence-corrected chi connectivity index (χ4v) is 2.39. The number of rotatable bonds is 5. The van der Waals surface area contributed by atoms with Crippen molar-refractivity contribution in [3.63, 3.8) is 0 Å². The van der Waals surface area contributed by atoms with Gasteiger partial charge in [-0.2, -0.15) is 0 Å². The van der Waals surface area contributed by atoms with Crippen LogP contribution in [0.25, 0.3) is 10.9 Å². The van der Waals surface area contributed by atoms with Crippen molar-refractivity contribution in [2.75, 3.05) is 7.05 Å². The number of fused-ring (bicyclic) bond motifs is 1. The minimum Gasteiger partial charge on any atom is -0.424 e. The summed E-state index contributed by atoms with van der Waals surface area (Å²) in [5.41, 5.74) is 2.26. The van der Waals surface area contributed by atoms with Gasteiger partial charge in [0.05, 0.1) is 12.1 Å². The smallest absolute Gasteiger partial charge is 0.230 e. The summed E-state index contributed by atoms with van der Waals surface area (Å²) in [5.74, 6) is 1.62. The van der Waals surface area contributed by atoms with Gasteiger partial charge >= 0.3 is 0 Å². The first-order valence-corrected chi connectivity index (χ1v) is 7.46. The molecule has 0 bridgehead atoms. The van der Waals surface area contributed by atoms with Crippen LogP contribution in [-0.4, -0.2) is 27.1 Å². The van der Waals surface area contributed by atoms with Crippen LogP contribution in [-0.2, 0) is 13.1 Å². The molecule has 0 spiro atoms. The molecule has 0 unspecified atom stereocenters. The first kappa shape index (κ1) is 14.7. The van der Waals surface area contributed by atoms with Crippen LogP contribution in [0.1, 0.15) is 37.1 Å². The van der Waals surface area contributed by atoms with Gasteiger partial charge < -0.3 is 4.42 Å². The van der Waals surface area contributed by atoms with E-state index < -0.39 is 0 Å². The summed E-state index contributed by atoms with van der Waals surface area (Å²) in [5, 5.41) is 9.33. The second-order valence-electron chi connectivity index (χ2n) is 5.89. The van der Waals surface area contributed by atoms with Crippen molar-refractivity contribution in [2.24, 2.45) is 0 Å². The molecule has 0 amide bonds. The summed E-state index contributed by atoms with van der Waals surface area (Å²) in [6.07, 6.45) is 1.82. The van der Waals surface area contributed by atoms with Crippen LogP contribution in [0.15, 0.2) is 40.9 Å². The summed E-state index contributed by atoms with van der Waals surface area (Å²) in [4.78, 5) is 6.50. The molecule has 3 rings (SSSR count). The Morgan fingerprint density at radius 1 is 1.14 bits per heavy atom. The highest BCUT2D eigenvalue weighted by atomic mass is 16.4. The van der Waals surface area contributed by atoms with Crippen LogP contribution < -0.4 is 0 Å². The normalized spacial score (nSPS) is 11.7. The van der Waals surface area contributed by atoms with Crippen LogP contribution in [0.3, 0.4) is 0 Å². The van der Waals surface area contributed by atoms with E-state index in [0.717, 1.165) is 17.4 Å². The number of aromatic nitrogens is 3. The quantitative estimate of drug-likeness (QED) is 0.722. The first-order valence-electron chi connectivity index (χ1n) is 7.46. The molecule has 0 aliphatic carbocycles. The van der Waals surface area contributed by atoms with Gasteiger partial charge in [0, 0.05) is 24.0 Å². The van der Waals surface area contributed by atoms with Crippen LogP contribution in [0.2, 0.25) is 0 Å². The summed E-state index contributed by atoms with van der Waals surface area (Å²) in [6, 6.07) is 10.4. The highest BCUT2D eigenvalue weighted by molar-refractivity contribution is 5.78. The summed E-state index contributed by atoms with van der Waals surface area (Å²) >= 11 is 0. The average Bonchev–Trinajstić information content (AvgIpc) is 2.95. The third-order valence-corrected chi connectivity index (χ3v) is 3.50. The van der Waals surface area contributed by atoms with E-state index in [1.165, 1.54) is 5.56 Å². The molecule has 0 atom stereocenters. The standard InChI is InChI=1S/C17H20N4O/c1-12(2)17-20-19-16(22-17)11-21(3)10-13-6-7-15-14(9-13)5-4-8-18-15/h4-9,12H,10-11H2,1-3H3. The average molecular weight is 296 g/mol. The molecular weight excluding hydrogens is 276 g/mol. The minimum atomic E-state index is 0.263. The Balaban J connectivity index is 1.68. The van der Waals surface area contributed by atoms with E-state index in [2.05, 4.69) is 44.3 Å². The molecule has 3 aromatic rings. The van der Waals surface area contributed by atoms with Crippen molar-refractivity contribution in [3.8, 4) is 0 Å².